The zero-order chi connectivity index (χ0) is 25.3. The van der Waals surface area contributed by atoms with Crippen molar-refractivity contribution in [3.63, 3.8) is 0 Å². The molecule has 2 heterocycles. The van der Waals surface area contributed by atoms with E-state index in [1.807, 2.05) is 36.4 Å². The van der Waals surface area contributed by atoms with Crippen LogP contribution < -0.4 is 4.72 Å². The van der Waals surface area contributed by atoms with Crippen molar-refractivity contribution >= 4 is 33.0 Å². The smallest absolute Gasteiger partial charge is 0.260 e. The predicted octanol–water partition coefficient (Wildman–Crippen LogP) is 6.65. The predicted molar refractivity (Wildman–Crippen MR) is 137 cm³/mol. The van der Waals surface area contributed by atoms with Crippen molar-refractivity contribution in [2.45, 2.75) is 13.5 Å². The maximum absolute atomic E-state index is 14.1. The van der Waals surface area contributed by atoms with Crippen molar-refractivity contribution in [3.05, 3.63) is 101 Å². The number of hydrogen-bond acceptors (Lipinski definition) is 4. The van der Waals surface area contributed by atoms with Gasteiger partial charge in [-0.25, -0.2) is 17.2 Å². The topological polar surface area (TPSA) is 66.5 Å². The van der Waals surface area contributed by atoms with E-state index < -0.39 is 26.6 Å². The summed E-state index contributed by atoms with van der Waals surface area (Å²) in [6, 6.07) is 16.4. The third-order valence-electron chi connectivity index (χ3n) is 5.58. The Hall–Kier alpha value is -3.56. The molecule has 0 bridgehead atoms. The molecule has 180 valence electrons. The second-order valence-corrected chi connectivity index (χ2v) is 10.9. The fourth-order valence-electron chi connectivity index (χ4n) is 3.65. The van der Waals surface area contributed by atoms with Gasteiger partial charge in [-0.1, -0.05) is 24.8 Å². The molecule has 2 aromatic carbocycles. The van der Waals surface area contributed by atoms with Crippen LogP contribution in [0.4, 0.5) is 14.5 Å². The van der Waals surface area contributed by atoms with Crippen molar-refractivity contribution < 1.29 is 22.0 Å². The number of hydrogen-bond donors (Lipinski definition) is 1. The van der Waals surface area contributed by atoms with E-state index in [4.69, 9.17) is 0 Å². The third kappa shape index (κ3) is 5.11. The van der Waals surface area contributed by atoms with Crippen LogP contribution in [0, 0.1) is 0 Å². The lowest BCUT2D eigenvalue weighted by molar-refractivity contribution is 0.0816. The largest absolute Gasteiger partial charge is 0.337 e. The van der Waals surface area contributed by atoms with E-state index in [1.54, 1.807) is 30.1 Å². The SMILES string of the molecule is C=C/C(F)=C\C(F)=C(/C)S(=O)(=O)Nc1cccc(-c2ccc(-c3ccc4c(c3)CN(C)C4=O)s2)c1. The summed E-state index contributed by atoms with van der Waals surface area (Å²) in [7, 11) is -2.46. The zero-order valence-electron chi connectivity index (χ0n) is 19.0. The number of allylic oxidation sites excluding steroid dienone is 5. The average molecular weight is 513 g/mol. The maximum atomic E-state index is 14.1. The Balaban J connectivity index is 1.58. The average Bonchev–Trinajstić information content (AvgIpc) is 3.43. The molecule has 0 fully saturated rings. The quantitative estimate of drug-likeness (QED) is 0.361. The van der Waals surface area contributed by atoms with Crippen molar-refractivity contribution in [2.75, 3.05) is 11.8 Å². The van der Waals surface area contributed by atoms with Crippen LogP contribution in [0.15, 0.2) is 89.9 Å². The van der Waals surface area contributed by atoms with Gasteiger partial charge < -0.3 is 4.90 Å². The lowest BCUT2D eigenvalue weighted by Gasteiger charge is -2.10. The first-order chi connectivity index (χ1) is 16.6. The van der Waals surface area contributed by atoms with Gasteiger partial charge >= 0.3 is 0 Å². The molecule has 9 heteroatoms. The Morgan fingerprint density at radius 2 is 1.77 bits per heavy atom. The maximum Gasteiger partial charge on any atom is 0.260 e. The number of halogens is 2. The number of anilines is 1. The van der Waals surface area contributed by atoms with Gasteiger partial charge in [-0.15, -0.1) is 11.3 Å². The first-order valence-corrected chi connectivity index (χ1v) is 12.9. The normalized spacial score (nSPS) is 14.6. The number of carbonyl (C=O) groups excluding carboxylic acids is 1. The Morgan fingerprint density at radius 1 is 1.09 bits per heavy atom. The van der Waals surface area contributed by atoms with Crippen LogP contribution in [0.2, 0.25) is 0 Å². The molecule has 5 nitrogen and oxygen atoms in total. The van der Waals surface area contributed by atoms with Gasteiger partial charge in [0.15, 0.2) is 0 Å². The summed E-state index contributed by atoms with van der Waals surface area (Å²) in [5.41, 5.74) is 3.72. The minimum absolute atomic E-state index is 0.0181. The molecule has 1 N–H and O–H groups in total. The van der Waals surface area contributed by atoms with Crippen LogP contribution >= 0.6 is 11.3 Å². The van der Waals surface area contributed by atoms with Gasteiger partial charge in [0.1, 0.15) is 11.7 Å². The molecular formula is C26H22F2N2O3S2. The fraction of sp³-hybridized carbons (Fsp3) is 0.115. The molecule has 0 unspecified atom stereocenters. The van der Waals surface area contributed by atoms with E-state index in [-0.39, 0.29) is 11.6 Å². The molecule has 4 rings (SSSR count). The molecule has 0 spiro atoms. The van der Waals surface area contributed by atoms with E-state index in [0.29, 0.717) is 12.6 Å². The van der Waals surface area contributed by atoms with E-state index in [9.17, 15) is 22.0 Å². The molecule has 1 aliphatic rings. The fourth-order valence-corrected chi connectivity index (χ4v) is 5.55. The van der Waals surface area contributed by atoms with Crippen molar-refractivity contribution in [2.24, 2.45) is 0 Å². The van der Waals surface area contributed by atoms with Crippen LogP contribution in [0.3, 0.4) is 0 Å². The van der Waals surface area contributed by atoms with Gasteiger partial charge in [0.2, 0.25) is 0 Å². The van der Waals surface area contributed by atoms with E-state index >= 15 is 0 Å². The van der Waals surface area contributed by atoms with Gasteiger partial charge in [-0.2, -0.15) is 0 Å². The first-order valence-electron chi connectivity index (χ1n) is 10.6. The van der Waals surface area contributed by atoms with Crippen LogP contribution in [-0.2, 0) is 16.6 Å². The molecule has 0 radical (unpaired) electrons. The van der Waals surface area contributed by atoms with Gasteiger partial charge in [0.05, 0.1) is 4.91 Å². The monoisotopic (exact) mass is 512 g/mol. The number of fused-ring (bicyclic) bond motifs is 1. The third-order valence-corrected chi connectivity index (χ3v) is 8.27. The van der Waals surface area contributed by atoms with Crippen LogP contribution in [0.5, 0.6) is 0 Å². The van der Waals surface area contributed by atoms with Gasteiger partial charge in [-0.05, 0) is 66.1 Å². The summed E-state index contributed by atoms with van der Waals surface area (Å²) in [4.78, 5) is 15.1. The summed E-state index contributed by atoms with van der Waals surface area (Å²) < 4.78 is 54.9. The van der Waals surface area contributed by atoms with Gasteiger partial charge in [0.25, 0.3) is 15.9 Å². The Kier molecular flexibility index (Phi) is 6.73. The second kappa shape index (κ2) is 9.59. The highest BCUT2D eigenvalue weighted by Gasteiger charge is 2.24. The number of sulfonamides is 1. The van der Waals surface area contributed by atoms with E-state index in [0.717, 1.165) is 45.0 Å². The zero-order valence-corrected chi connectivity index (χ0v) is 20.6. The number of rotatable bonds is 7. The van der Waals surface area contributed by atoms with Crippen LogP contribution in [-0.4, -0.2) is 26.3 Å². The molecule has 3 aromatic rings. The van der Waals surface area contributed by atoms with Crippen LogP contribution in [0.1, 0.15) is 22.8 Å². The highest BCUT2D eigenvalue weighted by molar-refractivity contribution is 7.96. The molecule has 0 atom stereocenters. The van der Waals surface area contributed by atoms with E-state index in [2.05, 4.69) is 11.3 Å². The Labute approximate surface area is 206 Å². The lowest BCUT2D eigenvalue weighted by Crippen LogP contribution is -2.17. The number of nitrogens with one attached hydrogen (secondary N) is 1. The highest BCUT2D eigenvalue weighted by Crippen LogP contribution is 2.37. The molecular weight excluding hydrogens is 490 g/mol. The standard InChI is InChI=1S/C26H22F2N2O3S2/c1-4-20(27)14-23(28)16(2)35(32,33)29-21-7-5-6-17(13-21)24-10-11-25(34-24)18-8-9-22-19(12-18)15-30(3)26(22)31/h4-14,29H,1,15H2,2-3H3/b20-14+,23-16-. The molecule has 0 saturated carbocycles. The molecule has 0 aliphatic carbocycles. The molecule has 35 heavy (non-hydrogen) atoms. The summed E-state index contributed by atoms with van der Waals surface area (Å²) in [5, 5.41) is 0. The number of carbonyl (C=O) groups is 1. The Morgan fingerprint density at radius 3 is 2.46 bits per heavy atom. The summed E-state index contributed by atoms with van der Waals surface area (Å²) >= 11 is 1.53. The number of benzene rings is 2. The molecule has 1 aliphatic heterocycles. The van der Waals surface area contributed by atoms with Crippen molar-refractivity contribution in [1.82, 2.24) is 4.90 Å². The molecule has 1 aromatic heterocycles. The summed E-state index contributed by atoms with van der Waals surface area (Å²) in [6.45, 7) is 4.81. The molecule has 1 amide bonds. The number of nitrogens with zero attached hydrogens (tertiary/aromatic N) is 1. The summed E-state index contributed by atoms with van der Waals surface area (Å²) in [6.07, 6.45) is 1.25. The van der Waals surface area contributed by atoms with Crippen molar-refractivity contribution in [3.8, 4) is 20.9 Å². The molecule has 0 saturated heterocycles. The van der Waals surface area contributed by atoms with Crippen molar-refractivity contribution in [1.29, 1.82) is 0 Å². The minimum atomic E-state index is -4.24. The minimum Gasteiger partial charge on any atom is -0.337 e. The van der Waals surface area contributed by atoms with Gasteiger partial charge in [-0.3, -0.25) is 9.52 Å². The van der Waals surface area contributed by atoms with Gasteiger partial charge in [0, 0.05) is 40.7 Å². The van der Waals surface area contributed by atoms with Crippen LogP contribution in [0.25, 0.3) is 20.9 Å². The second-order valence-electron chi connectivity index (χ2n) is 8.02. The number of amides is 1. The number of thiophene rings is 1. The Bertz CT molecular complexity index is 1500. The first kappa shape index (κ1) is 24.6. The van der Waals surface area contributed by atoms with E-state index in [1.165, 1.54) is 11.3 Å². The summed E-state index contributed by atoms with van der Waals surface area (Å²) in [5.74, 6) is -2.17. The highest BCUT2D eigenvalue weighted by atomic mass is 32.2. The lowest BCUT2D eigenvalue weighted by atomic mass is 10.1.